The van der Waals surface area contributed by atoms with Crippen molar-refractivity contribution < 1.29 is 9.90 Å². The van der Waals surface area contributed by atoms with Crippen LogP contribution in [0.4, 0.5) is 0 Å². The molecule has 0 saturated heterocycles. The molecular weight excluding hydrogens is 406 g/mol. The van der Waals surface area contributed by atoms with Gasteiger partial charge in [-0.25, -0.2) is 0 Å². The van der Waals surface area contributed by atoms with Gasteiger partial charge in [0.25, 0.3) is 0 Å². The van der Waals surface area contributed by atoms with Crippen LogP contribution in [0.1, 0.15) is 119 Å². The molecule has 3 nitrogen and oxygen atoms in total. The number of fused-ring (bicyclic) bond motifs is 4. The standard InChI is InChI=1S/C30H51NO2/c1-20(2)9-8-10-21(3)22-14-18-30(31-19-32)24-11-12-25-27(4,5)26(33)15-16-28(25,6)23(24)13-17-29(22,30)7/h19-22,25-26,33H,8-18H2,1-7H3,(H,31,32)/t21-,22-,25+,26+,28-,29-,30+/m1/s1. The molecule has 0 aromatic heterocycles. The lowest BCUT2D eigenvalue weighted by molar-refractivity contribution is -0.114. The highest BCUT2D eigenvalue weighted by Gasteiger charge is 2.65. The second kappa shape index (κ2) is 8.68. The number of amides is 1. The Morgan fingerprint density at radius 3 is 2.36 bits per heavy atom. The van der Waals surface area contributed by atoms with Crippen molar-refractivity contribution in [2.24, 2.45) is 39.9 Å². The van der Waals surface area contributed by atoms with E-state index in [1.165, 1.54) is 38.5 Å². The van der Waals surface area contributed by atoms with Gasteiger partial charge in [-0.15, -0.1) is 0 Å². The molecule has 4 aliphatic rings. The topological polar surface area (TPSA) is 49.3 Å². The van der Waals surface area contributed by atoms with E-state index in [0.29, 0.717) is 17.8 Å². The van der Waals surface area contributed by atoms with Gasteiger partial charge in [0.2, 0.25) is 6.41 Å². The number of hydrogen-bond acceptors (Lipinski definition) is 2. The lowest BCUT2D eigenvalue weighted by Crippen LogP contribution is -2.62. The average Bonchev–Trinajstić information content (AvgIpc) is 3.04. The van der Waals surface area contributed by atoms with Crippen LogP contribution in [0.25, 0.3) is 0 Å². The fourth-order valence-corrected chi connectivity index (χ4v) is 9.74. The molecule has 0 unspecified atom stereocenters. The summed E-state index contributed by atoms with van der Waals surface area (Å²) in [7, 11) is 0. The Morgan fingerprint density at radius 1 is 0.970 bits per heavy atom. The third kappa shape index (κ3) is 3.66. The van der Waals surface area contributed by atoms with Crippen LogP contribution >= 0.6 is 0 Å². The molecule has 0 heterocycles. The molecule has 0 radical (unpaired) electrons. The largest absolute Gasteiger partial charge is 0.393 e. The van der Waals surface area contributed by atoms with Gasteiger partial charge in [-0.1, -0.05) is 73.3 Å². The average molecular weight is 458 g/mol. The molecule has 2 N–H and O–H groups in total. The SMILES string of the molecule is CC(C)CCC[C@@H](C)[C@H]1CC[C@]2(NC=O)C3=C(CC[C@]12C)[C@@]1(C)CC[C@H](O)C(C)(C)[C@@H]1CC3. The summed E-state index contributed by atoms with van der Waals surface area (Å²) < 4.78 is 0. The van der Waals surface area contributed by atoms with Gasteiger partial charge in [0.15, 0.2) is 0 Å². The minimum Gasteiger partial charge on any atom is -0.393 e. The second-order valence-electron chi connectivity index (χ2n) is 13.9. The van der Waals surface area contributed by atoms with Crippen molar-refractivity contribution in [3.05, 3.63) is 11.1 Å². The molecule has 0 spiro atoms. The number of hydrogen-bond donors (Lipinski definition) is 2. The van der Waals surface area contributed by atoms with E-state index >= 15 is 0 Å². The van der Waals surface area contributed by atoms with Crippen molar-refractivity contribution in [3.8, 4) is 0 Å². The first-order valence-electron chi connectivity index (χ1n) is 14.1. The predicted molar refractivity (Wildman–Crippen MR) is 137 cm³/mol. The van der Waals surface area contributed by atoms with Crippen LogP contribution in [0.15, 0.2) is 11.1 Å². The van der Waals surface area contributed by atoms with Gasteiger partial charge in [0.1, 0.15) is 0 Å². The summed E-state index contributed by atoms with van der Waals surface area (Å²) in [6.07, 6.45) is 13.7. The van der Waals surface area contributed by atoms with Crippen molar-refractivity contribution >= 4 is 6.41 Å². The fraction of sp³-hybridized carbons (Fsp3) is 0.900. The maximum absolute atomic E-state index is 12.1. The Bertz CT molecular complexity index is 784. The van der Waals surface area contributed by atoms with Gasteiger partial charge in [-0.05, 0) is 96.9 Å². The Hall–Kier alpha value is -0.830. The minimum atomic E-state index is -0.198. The van der Waals surface area contributed by atoms with Crippen molar-refractivity contribution in [2.45, 2.75) is 131 Å². The quantitative estimate of drug-likeness (QED) is 0.318. The van der Waals surface area contributed by atoms with E-state index in [0.717, 1.165) is 44.4 Å². The highest BCUT2D eigenvalue weighted by atomic mass is 16.3. The third-order valence-corrected chi connectivity index (χ3v) is 11.7. The summed E-state index contributed by atoms with van der Waals surface area (Å²) in [5.41, 5.74) is 3.38. The zero-order valence-corrected chi connectivity index (χ0v) is 22.6. The van der Waals surface area contributed by atoms with Gasteiger partial charge >= 0.3 is 0 Å². The first-order valence-corrected chi connectivity index (χ1v) is 14.1. The van der Waals surface area contributed by atoms with Crippen LogP contribution in [0, 0.1) is 39.9 Å². The first-order chi connectivity index (χ1) is 15.4. The van der Waals surface area contributed by atoms with Crippen molar-refractivity contribution in [2.75, 3.05) is 0 Å². The molecule has 4 rings (SSSR count). The Kier molecular flexibility index (Phi) is 6.65. The number of aliphatic hydroxyl groups is 1. The van der Waals surface area contributed by atoms with E-state index < -0.39 is 0 Å². The van der Waals surface area contributed by atoms with Crippen LogP contribution in [0.3, 0.4) is 0 Å². The summed E-state index contributed by atoms with van der Waals surface area (Å²) in [6, 6.07) is 0. The van der Waals surface area contributed by atoms with Crippen LogP contribution in [-0.4, -0.2) is 23.2 Å². The molecule has 0 aromatic carbocycles. The van der Waals surface area contributed by atoms with E-state index in [2.05, 4.69) is 53.8 Å². The zero-order chi connectivity index (χ0) is 24.2. The molecule has 7 atom stereocenters. The monoisotopic (exact) mass is 457 g/mol. The number of carbonyl (C=O) groups is 1. The highest BCUT2D eigenvalue weighted by Crippen LogP contribution is 2.69. The molecular formula is C30H51NO2. The molecule has 2 fully saturated rings. The van der Waals surface area contributed by atoms with E-state index in [4.69, 9.17) is 0 Å². The van der Waals surface area contributed by atoms with Crippen LogP contribution in [0.2, 0.25) is 0 Å². The lowest BCUT2D eigenvalue weighted by atomic mass is 9.44. The van der Waals surface area contributed by atoms with Gasteiger partial charge in [-0.3, -0.25) is 4.79 Å². The van der Waals surface area contributed by atoms with Gasteiger partial charge < -0.3 is 10.4 Å². The molecule has 0 aromatic rings. The molecule has 188 valence electrons. The first kappa shape index (κ1) is 25.3. The van der Waals surface area contributed by atoms with Gasteiger partial charge in [-0.2, -0.15) is 0 Å². The molecule has 2 saturated carbocycles. The van der Waals surface area contributed by atoms with Crippen LogP contribution in [0.5, 0.6) is 0 Å². The van der Waals surface area contributed by atoms with E-state index in [1.54, 1.807) is 11.1 Å². The van der Waals surface area contributed by atoms with Gasteiger partial charge in [0.05, 0.1) is 11.6 Å². The summed E-state index contributed by atoms with van der Waals surface area (Å²) in [6.45, 7) is 16.8. The molecule has 1 amide bonds. The second-order valence-corrected chi connectivity index (χ2v) is 13.9. The normalized spacial score (nSPS) is 43.0. The molecule has 4 aliphatic carbocycles. The molecule has 3 heteroatoms. The molecule has 0 bridgehead atoms. The van der Waals surface area contributed by atoms with Crippen LogP contribution in [-0.2, 0) is 4.79 Å². The lowest BCUT2D eigenvalue weighted by Gasteiger charge is -2.62. The molecule has 33 heavy (non-hydrogen) atoms. The van der Waals surface area contributed by atoms with Crippen molar-refractivity contribution in [1.29, 1.82) is 0 Å². The zero-order valence-electron chi connectivity index (χ0n) is 22.6. The fourth-order valence-electron chi connectivity index (χ4n) is 9.74. The maximum atomic E-state index is 12.1. The number of rotatable bonds is 7. The van der Waals surface area contributed by atoms with E-state index in [9.17, 15) is 9.90 Å². The Labute approximate surface area is 203 Å². The van der Waals surface area contributed by atoms with Gasteiger partial charge in [0, 0.05) is 0 Å². The number of aliphatic hydroxyl groups excluding tert-OH is 1. The number of carbonyl (C=O) groups excluding carboxylic acids is 1. The summed E-state index contributed by atoms with van der Waals surface area (Å²) in [5.74, 6) is 2.70. The summed E-state index contributed by atoms with van der Waals surface area (Å²) in [5, 5.41) is 14.4. The van der Waals surface area contributed by atoms with Crippen molar-refractivity contribution in [1.82, 2.24) is 5.32 Å². The van der Waals surface area contributed by atoms with E-state index in [-0.39, 0.29) is 27.9 Å². The third-order valence-electron chi connectivity index (χ3n) is 11.7. The van der Waals surface area contributed by atoms with E-state index in [1.807, 2.05) is 0 Å². The summed E-state index contributed by atoms with van der Waals surface area (Å²) >= 11 is 0. The molecule has 0 aliphatic heterocycles. The number of nitrogens with one attached hydrogen (secondary N) is 1. The number of allylic oxidation sites excluding steroid dienone is 1. The van der Waals surface area contributed by atoms with Crippen LogP contribution < -0.4 is 5.32 Å². The predicted octanol–water partition coefficient (Wildman–Crippen LogP) is 7.04. The maximum Gasteiger partial charge on any atom is 0.207 e. The Balaban J connectivity index is 1.70. The minimum absolute atomic E-state index is 0.0410. The Morgan fingerprint density at radius 2 is 1.70 bits per heavy atom. The summed E-state index contributed by atoms with van der Waals surface area (Å²) in [4.78, 5) is 12.1. The van der Waals surface area contributed by atoms with Crippen molar-refractivity contribution in [3.63, 3.8) is 0 Å². The highest BCUT2D eigenvalue weighted by molar-refractivity contribution is 5.54. The smallest absolute Gasteiger partial charge is 0.207 e.